The zero-order valence-electron chi connectivity index (χ0n) is 12.7. The molecule has 0 fully saturated rings. The Labute approximate surface area is 124 Å². The van der Waals surface area contributed by atoms with Gasteiger partial charge in [-0.2, -0.15) is 0 Å². The van der Waals surface area contributed by atoms with E-state index in [1.807, 2.05) is 24.3 Å². The first-order valence-electron chi connectivity index (χ1n) is 7.07. The smallest absolute Gasteiger partial charge is 0.113 e. The van der Waals surface area contributed by atoms with Gasteiger partial charge < -0.3 is 0 Å². The van der Waals surface area contributed by atoms with Gasteiger partial charge in [0, 0.05) is 0 Å². The van der Waals surface area contributed by atoms with E-state index < -0.39 is 0 Å². The molecule has 3 aromatic rings. The van der Waals surface area contributed by atoms with Crippen molar-refractivity contribution in [2.24, 2.45) is 0 Å². The number of hydrogen-bond acceptors (Lipinski definition) is 2. The van der Waals surface area contributed by atoms with Crippen LogP contribution in [0.25, 0.3) is 16.7 Å². The monoisotopic (exact) mass is 277 g/mol. The van der Waals surface area contributed by atoms with E-state index >= 15 is 0 Å². The molecule has 1 heterocycles. The minimum Gasteiger partial charge on any atom is -0.213 e. The normalized spacial score (nSPS) is 11.8. The number of para-hydroxylation sites is 1. The van der Waals surface area contributed by atoms with Crippen molar-refractivity contribution < 1.29 is 0 Å². The second kappa shape index (κ2) is 4.85. The third kappa shape index (κ3) is 2.47. The Morgan fingerprint density at radius 2 is 1.67 bits per heavy atom. The van der Waals surface area contributed by atoms with Gasteiger partial charge in [0.1, 0.15) is 5.52 Å². The van der Waals surface area contributed by atoms with Crippen LogP contribution in [0.2, 0.25) is 0 Å². The predicted molar refractivity (Wildman–Crippen MR) is 87.1 cm³/mol. The van der Waals surface area contributed by atoms with Crippen LogP contribution in [0.15, 0.2) is 55.1 Å². The number of fused-ring (bicyclic) bond motifs is 1. The fourth-order valence-corrected chi connectivity index (χ4v) is 2.35. The van der Waals surface area contributed by atoms with Gasteiger partial charge in [0.05, 0.1) is 11.2 Å². The first-order chi connectivity index (χ1) is 9.97. The highest BCUT2D eigenvalue weighted by atomic mass is 15.4. The first kappa shape index (κ1) is 13.6. The molecule has 2 aromatic carbocycles. The van der Waals surface area contributed by atoms with Crippen molar-refractivity contribution >= 4 is 16.7 Å². The maximum atomic E-state index is 4.21. The molecule has 0 saturated carbocycles. The van der Waals surface area contributed by atoms with E-state index in [-0.39, 0.29) is 5.41 Å². The molecule has 21 heavy (non-hydrogen) atoms. The molecule has 0 radical (unpaired) electrons. The molecule has 0 amide bonds. The van der Waals surface area contributed by atoms with Crippen molar-refractivity contribution in [3.05, 3.63) is 66.2 Å². The van der Waals surface area contributed by atoms with Gasteiger partial charge in [0.15, 0.2) is 0 Å². The Hall–Kier alpha value is -2.42. The maximum Gasteiger partial charge on any atom is 0.113 e. The van der Waals surface area contributed by atoms with Gasteiger partial charge in [-0.1, -0.05) is 69.0 Å². The summed E-state index contributed by atoms with van der Waals surface area (Å²) < 4.78 is 1.79. The largest absolute Gasteiger partial charge is 0.213 e. The van der Waals surface area contributed by atoms with Gasteiger partial charge in [-0.3, -0.25) is 0 Å². The van der Waals surface area contributed by atoms with E-state index in [0.717, 1.165) is 22.3 Å². The molecule has 3 nitrogen and oxygen atoms in total. The van der Waals surface area contributed by atoms with E-state index in [1.165, 1.54) is 5.56 Å². The number of rotatable bonds is 2. The van der Waals surface area contributed by atoms with Crippen molar-refractivity contribution in [3.8, 4) is 0 Å². The Kier molecular flexibility index (Phi) is 3.13. The fourth-order valence-electron chi connectivity index (χ4n) is 2.35. The summed E-state index contributed by atoms with van der Waals surface area (Å²) in [5.41, 5.74) is 5.21. The molecule has 0 N–H and O–H groups in total. The van der Waals surface area contributed by atoms with Crippen LogP contribution in [0.1, 0.15) is 31.9 Å². The van der Waals surface area contributed by atoms with Gasteiger partial charge in [0.2, 0.25) is 0 Å². The lowest BCUT2D eigenvalue weighted by Gasteiger charge is -2.19. The third-order valence-corrected chi connectivity index (χ3v) is 3.69. The van der Waals surface area contributed by atoms with Crippen LogP contribution in [0, 0.1) is 0 Å². The summed E-state index contributed by atoms with van der Waals surface area (Å²) in [5, 5.41) is 8.38. The van der Waals surface area contributed by atoms with Crippen molar-refractivity contribution in [1.82, 2.24) is 15.0 Å². The first-order valence-corrected chi connectivity index (χ1v) is 7.07. The van der Waals surface area contributed by atoms with E-state index in [9.17, 15) is 0 Å². The minimum atomic E-state index is 0.153. The highest BCUT2D eigenvalue weighted by Gasteiger charge is 2.14. The maximum absolute atomic E-state index is 4.21. The van der Waals surface area contributed by atoms with Gasteiger partial charge in [-0.25, -0.2) is 4.68 Å². The molecular weight excluding hydrogens is 258 g/mol. The Bertz CT molecular complexity index is 789. The molecule has 0 aliphatic carbocycles. The van der Waals surface area contributed by atoms with Crippen LogP contribution in [0.4, 0.5) is 0 Å². The number of hydrogen-bond donors (Lipinski definition) is 0. The third-order valence-electron chi connectivity index (χ3n) is 3.69. The standard InChI is InChI=1S/C18H19N3/c1-13(14-9-11-15(12-10-14)18(2,3)4)21-17-8-6-5-7-16(17)19-20-21/h5-12H,1H2,2-4H3. The Morgan fingerprint density at radius 1 is 1.00 bits per heavy atom. The van der Waals surface area contributed by atoms with Crippen molar-refractivity contribution in [2.75, 3.05) is 0 Å². The fraction of sp³-hybridized carbons (Fsp3) is 0.222. The van der Waals surface area contributed by atoms with Crippen molar-refractivity contribution in [1.29, 1.82) is 0 Å². The zero-order valence-corrected chi connectivity index (χ0v) is 12.7. The van der Waals surface area contributed by atoms with Gasteiger partial charge in [-0.05, 0) is 28.7 Å². The SMILES string of the molecule is C=C(c1ccc(C(C)(C)C)cc1)n1nnc2ccccc21. The van der Waals surface area contributed by atoms with Crippen LogP contribution in [-0.2, 0) is 5.41 Å². The number of aromatic nitrogens is 3. The average molecular weight is 277 g/mol. The molecule has 0 spiro atoms. The summed E-state index contributed by atoms with van der Waals surface area (Å²) >= 11 is 0. The second-order valence-electron chi connectivity index (χ2n) is 6.26. The lowest BCUT2D eigenvalue weighted by Crippen LogP contribution is -2.11. The predicted octanol–water partition coefficient (Wildman–Crippen LogP) is 4.25. The Morgan fingerprint density at radius 3 is 2.33 bits per heavy atom. The number of benzene rings is 2. The van der Waals surface area contributed by atoms with E-state index in [4.69, 9.17) is 0 Å². The summed E-state index contributed by atoms with van der Waals surface area (Å²) in [4.78, 5) is 0. The van der Waals surface area contributed by atoms with Gasteiger partial charge >= 0.3 is 0 Å². The lowest BCUT2D eigenvalue weighted by atomic mass is 9.86. The highest BCUT2D eigenvalue weighted by Crippen LogP contribution is 2.25. The second-order valence-corrected chi connectivity index (χ2v) is 6.26. The highest BCUT2D eigenvalue weighted by molar-refractivity contribution is 5.80. The van der Waals surface area contributed by atoms with Crippen molar-refractivity contribution in [3.63, 3.8) is 0 Å². The van der Waals surface area contributed by atoms with Gasteiger partial charge in [0.25, 0.3) is 0 Å². The molecule has 0 aliphatic heterocycles. The summed E-state index contributed by atoms with van der Waals surface area (Å²) in [7, 11) is 0. The molecule has 0 unspecified atom stereocenters. The molecule has 3 rings (SSSR count). The number of nitrogens with zero attached hydrogens (tertiary/aromatic N) is 3. The molecule has 1 aromatic heterocycles. The summed E-state index contributed by atoms with van der Waals surface area (Å²) in [5.74, 6) is 0. The van der Waals surface area contributed by atoms with E-state index in [0.29, 0.717) is 0 Å². The molecule has 0 saturated heterocycles. The van der Waals surface area contributed by atoms with Crippen LogP contribution in [-0.4, -0.2) is 15.0 Å². The zero-order chi connectivity index (χ0) is 15.0. The molecule has 0 bridgehead atoms. The minimum absolute atomic E-state index is 0.153. The molecule has 0 atom stereocenters. The van der Waals surface area contributed by atoms with Gasteiger partial charge in [-0.15, -0.1) is 5.10 Å². The summed E-state index contributed by atoms with van der Waals surface area (Å²) in [6, 6.07) is 16.4. The topological polar surface area (TPSA) is 30.7 Å². The quantitative estimate of drug-likeness (QED) is 0.701. The molecular formula is C18H19N3. The van der Waals surface area contributed by atoms with Crippen LogP contribution >= 0.6 is 0 Å². The molecule has 0 aliphatic rings. The van der Waals surface area contributed by atoms with E-state index in [1.54, 1.807) is 4.68 Å². The summed E-state index contributed by atoms with van der Waals surface area (Å²) in [6.45, 7) is 10.8. The molecule has 106 valence electrons. The molecule has 3 heteroatoms. The average Bonchev–Trinajstić information content (AvgIpc) is 2.90. The van der Waals surface area contributed by atoms with Crippen molar-refractivity contribution in [2.45, 2.75) is 26.2 Å². The van der Waals surface area contributed by atoms with Crippen LogP contribution in [0.3, 0.4) is 0 Å². The van der Waals surface area contributed by atoms with E-state index in [2.05, 4.69) is 61.9 Å². The van der Waals surface area contributed by atoms with Crippen LogP contribution < -0.4 is 0 Å². The Balaban J connectivity index is 1.99. The lowest BCUT2D eigenvalue weighted by molar-refractivity contribution is 0.590. The summed E-state index contributed by atoms with van der Waals surface area (Å²) in [6.07, 6.45) is 0. The van der Waals surface area contributed by atoms with Crippen LogP contribution in [0.5, 0.6) is 0 Å².